The summed E-state index contributed by atoms with van der Waals surface area (Å²) in [7, 11) is 2.02. The summed E-state index contributed by atoms with van der Waals surface area (Å²) in [6.45, 7) is 2.09. The van der Waals surface area contributed by atoms with Crippen LogP contribution in [0.25, 0.3) is 22.2 Å². The summed E-state index contributed by atoms with van der Waals surface area (Å²) >= 11 is 0. The number of aryl methyl sites for hydroxylation is 2. The molecule has 0 unspecified atom stereocenters. The van der Waals surface area contributed by atoms with Gasteiger partial charge in [0.15, 0.2) is 5.76 Å². The van der Waals surface area contributed by atoms with Gasteiger partial charge in [-0.1, -0.05) is 23.4 Å². The van der Waals surface area contributed by atoms with Crippen LogP contribution < -0.4 is 5.73 Å². The zero-order valence-corrected chi connectivity index (χ0v) is 9.77. The molecule has 86 valence electrons. The SMILES string of the molecule is Cc1cccc2c(-c3oncc3N)cn(C)c12. The summed E-state index contributed by atoms with van der Waals surface area (Å²) in [6, 6.07) is 6.20. The zero-order valence-electron chi connectivity index (χ0n) is 9.77. The number of fused-ring (bicyclic) bond motifs is 1. The Labute approximate surface area is 98.6 Å². The number of anilines is 1. The van der Waals surface area contributed by atoms with Crippen LogP contribution in [0.5, 0.6) is 0 Å². The molecule has 0 radical (unpaired) electrons. The molecule has 4 heteroatoms. The predicted molar refractivity (Wildman–Crippen MR) is 67.6 cm³/mol. The summed E-state index contributed by atoms with van der Waals surface area (Å²) in [4.78, 5) is 0. The van der Waals surface area contributed by atoms with Gasteiger partial charge in [0, 0.05) is 24.2 Å². The van der Waals surface area contributed by atoms with Crippen LogP contribution in [-0.2, 0) is 7.05 Å². The molecule has 1 aromatic carbocycles. The number of rotatable bonds is 1. The Morgan fingerprint density at radius 2 is 2.18 bits per heavy atom. The minimum Gasteiger partial charge on any atom is -0.394 e. The molecule has 17 heavy (non-hydrogen) atoms. The van der Waals surface area contributed by atoms with Crippen molar-refractivity contribution in [2.45, 2.75) is 6.92 Å². The number of hydrogen-bond donors (Lipinski definition) is 1. The Balaban J connectivity index is 2.40. The molecule has 0 atom stereocenters. The lowest BCUT2D eigenvalue weighted by Crippen LogP contribution is -1.86. The van der Waals surface area contributed by atoms with E-state index in [1.807, 2.05) is 19.3 Å². The second kappa shape index (κ2) is 3.38. The highest BCUT2D eigenvalue weighted by Crippen LogP contribution is 2.34. The molecule has 2 aromatic heterocycles. The minimum absolute atomic E-state index is 0.569. The minimum atomic E-state index is 0.569. The average molecular weight is 227 g/mol. The fraction of sp³-hybridized carbons (Fsp3) is 0.154. The van der Waals surface area contributed by atoms with Crippen molar-refractivity contribution in [3.63, 3.8) is 0 Å². The molecule has 3 aromatic rings. The van der Waals surface area contributed by atoms with Crippen molar-refractivity contribution in [1.82, 2.24) is 9.72 Å². The smallest absolute Gasteiger partial charge is 0.191 e. The van der Waals surface area contributed by atoms with Crippen molar-refractivity contribution >= 4 is 16.6 Å². The van der Waals surface area contributed by atoms with Gasteiger partial charge < -0.3 is 14.8 Å². The molecule has 0 aliphatic rings. The molecule has 0 aliphatic heterocycles. The number of aromatic nitrogens is 2. The maximum atomic E-state index is 5.85. The molecular formula is C13H13N3O. The summed E-state index contributed by atoms with van der Waals surface area (Å²) < 4.78 is 7.31. The average Bonchev–Trinajstić information content (AvgIpc) is 2.84. The summed E-state index contributed by atoms with van der Waals surface area (Å²) in [5.41, 5.74) is 9.82. The Morgan fingerprint density at radius 1 is 1.35 bits per heavy atom. The summed E-state index contributed by atoms with van der Waals surface area (Å²) in [6.07, 6.45) is 3.55. The van der Waals surface area contributed by atoms with Crippen molar-refractivity contribution in [2.24, 2.45) is 7.05 Å². The maximum Gasteiger partial charge on any atom is 0.191 e. The third kappa shape index (κ3) is 1.34. The highest BCUT2D eigenvalue weighted by molar-refractivity contribution is 5.98. The van der Waals surface area contributed by atoms with Gasteiger partial charge in [0.1, 0.15) is 5.69 Å². The monoisotopic (exact) mass is 227 g/mol. The Kier molecular flexibility index (Phi) is 1.98. The largest absolute Gasteiger partial charge is 0.394 e. The van der Waals surface area contributed by atoms with Gasteiger partial charge in [-0.25, -0.2) is 0 Å². The van der Waals surface area contributed by atoms with Crippen LogP contribution in [0, 0.1) is 6.92 Å². The predicted octanol–water partition coefficient (Wildman–Crippen LogP) is 2.72. The fourth-order valence-corrected chi connectivity index (χ4v) is 2.30. The van der Waals surface area contributed by atoms with E-state index in [4.69, 9.17) is 10.3 Å². The second-order valence-corrected chi connectivity index (χ2v) is 4.24. The lowest BCUT2D eigenvalue weighted by molar-refractivity contribution is 0.433. The molecule has 0 saturated heterocycles. The molecule has 4 nitrogen and oxygen atoms in total. The molecule has 0 fully saturated rings. The number of nitrogen functional groups attached to an aromatic ring is 1. The number of nitrogens with two attached hydrogens (primary N) is 1. The Morgan fingerprint density at radius 3 is 2.88 bits per heavy atom. The van der Waals surface area contributed by atoms with Gasteiger partial charge >= 0.3 is 0 Å². The number of hydrogen-bond acceptors (Lipinski definition) is 3. The number of para-hydroxylation sites is 1. The van der Waals surface area contributed by atoms with Gasteiger partial charge in [0.2, 0.25) is 0 Å². The third-order valence-corrected chi connectivity index (χ3v) is 3.05. The van der Waals surface area contributed by atoms with E-state index < -0.39 is 0 Å². The van der Waals surface area contributed by atoms with Gasteiger partial charge in [0.25, 0.3) is 0 Å². The zero-order chi connectivity index (χ0) is 12.0. The number of benzene rings is 1. The maximum absolute atomic E-state index is 5.85. The molecular weight excluding hydrogens is 214 g/mol. The van der Waals surface area contributed by atoms with E-state index in [-0.39, 0.29) is 0 Å². The molecule has 0 amide bonds. The lowest BCUT2D eigenvalue weighted by Gasteiger charge is -1.99. The fourth-order valence-electron chi connectivity index (χ4n) is 2.30. The van der Waals surface area contributed by atoms with Crippen molar-refractivity contribution in [3.05, 3.63) is 36.2 Å². The quantitative estimate of drug-likeness (QED) is 0.695. The Hall–Kier alpha value is -2.23. The van der Waals surface area contributed by atoms with Crippen LogP contribution in [0.15, 0.2) is 35.1 Å². The Bertz CT molecular complexity index is 694. The molecule has 2 heterocycles. The van der Waals surface area contributed by atoms with Gasteiger partial charge in [0.05, 0.1) is 11.7 Å². The molecule has 0 aliphatic carbocycles. The van der Waals surface area contributed by atoms with Crippen LogP contribution in [-0.4, -0.2) is 9.72 Å². The lowest BCUT2D eigenvalue weighted by atomic mass is 10.1. The van der Waals surface area contributed by atoms with Crippen LogP contribution in [0.3, 0.4) is 0 Å². The molecule has 0 bridgehead atoms. The molecule has 0 spiro atoms. The molecule has 0 saturated carbocycles. The van der Waals surface area contributed by atoms with Crippen molar-refractivity contribution in [3.8, 4) is 11.3 Å². The standard InChI is InChI=1S/C13H13N3O/c1-8-4-3-5-9-10(7-16(2)12(8)9)13-11(14)6-15-17-13/h3-7H,14H2,1-2H3. The second-order valence-electron chi connectivity index (χ2n) is 4.24. The summed E-state index contributed by atoms with van der Waals surface area (Å²) in [5, 5.41) is 4.86. The van der Waals surface area contributed by atoms with Crippen molar-refractivity contribution in [1.29, 1.82) is 0 Å². The van der Waals surface area contributed by atoms with E-state index in [9.17, 15) is 0 Å². The van der Waals surface area contributed by atoms with Crippen LogP contribution in [0.2, 0.25) is 0 Å². The van der Waals surface area contributed by atoms with Gasteiger partial charge in [-0.05, 0) is 12.5 Å². The van der Waals surface area contributed by atoms with Crippen LogP contribution in [0.4, 0.5) is 5.69 Å². The molecule has 2 N–H and O–H groups in total. The normalized spacial score (nSPS) is 11.2. The van der Waals surface area contributed by atoms with Gasteiger partial charge in [-0.2, -0.15) is 0 Å². The molecule has 3 rings (SSSR count). The van der Waals surface area contributed by atoms with Crippen LogP contribution in [0.1, 0.15) is 5.56 Å². The highest BCUT2D eigenvalue weighted by atomic mass is 16.5. The van der Waals surface area contributed by atoms with E-state index in [0.717, 1.165) is 10.9 Å². The van der Waals surface area contributed by atoms with E-state index in [1.54, 1.807) is 0 Å². The first-order valence-electron chi connectivity index (χ1n) is 5.43. The van der Waals surface area contributed by atoms with E-state index in [1.165, 1.54) is 17.3 Å². The van der Waals surface area contributed by atoms with E-state index in [0.29, 0.717) is 11.4 Å². The first kappa shape index (κ1) is 9.96. The number of nitrogens with zero attached hydrogens (tertiary/aromatic N) is 2. The van der Waals surface area contributed by atoms with E-state index in [2.05, 4.69) is 28.8 Å². The van der Waals surface area contributed by atoms with Gasteiger partial charge in [-0.3, -0.25) is 0 Å². The summed E-state index contributed by atoms with van der Waals surface area (Å²) in [5.74, 6) is 0.640. The first-order chi connectivity index (χ1) is 8.18. The van der Waals surface area contributed by atoms with Crippen LogP contribution >= 0.6 is 0 Å². The van der Waals surface area contributed by atoms with E-state index >= 15 is 0 Å². The topological polar surface area (TPSA) is 57.0 Å². The van der Waals surface area contributed by atoms with Crippen molar-refractivity contribution < 1.29 is 4.52 Å². The highest BCUT2D eigenvalue weighted by Gasteiger charge is 2.15. The first-order valence-corrected chi connectivity index (χ1v) is 5.43. The van der Waals surface area contributed by atoms with Crippen molar-refractivity contribution in [2.75, 3.05) is 5.73 Å². The van der Waals surface area contributed by atoms with Gasteiger partial charge in [-0.15, -0.1) is 0 Å². The third-order valence-electron chi connectivity index (χ3n) is 3.05.